The molecule has 1 aliphatic heterocycles. The summed E-state index contributed by atoms with van der Waals surface area (Å²) in [7, 11) is 0. The summed E-state index contributed by atoms with van der Waals surface area (Å²) in [5, 5.41) is 2.82. The molecule has 1 saturated heterocycles. The summed E-state index contributed by atoms with van der Waals surface area (Å²) >= 11 is 0. The molecule has 1 aliphatic rings. The number of nitrogens with one attached hydrogen (secondary N) is 1. The van der Waals surface area contributed by atoms with Crippen LogP contribution in [0.5, 0.6) is 0 Å². The van der Waals surface area contributed by atoms with Crippen LogP contribution in [0.15, 0.2) is 0 Å². The van der Waals surface area contributed by atoms with Gasteiger partial charge in [0.2, 0.25) is 5.91 Å². The van der Waals surface area contributed by atoms with E-state index in [4.69, 9.17) is 5.73 Å². The fourth-order valence-electron chi connectivity index (χ4n) is 1.82. The zero-order valence-corrected chi connectivity index (χ0v) is 8.96. The molecule has 1 atom stereocenters. The highest BCUT2D eigenvalue weighted by Gasteiger charge is 2.16. The molecule has 1 rings (SSSR count). The first-order valence-corrected chi connectivity index (χ1v) is 5.45. The van der Waals surface area contributed by atoms with Crippen LogP contribution in [-0.4, -0.2) is 43.0 Å². The van der Waals surface area contributed by atoms with E-state index in [2.05, 4.69) is 17.1 Å². The Kier molecular flexibility index (Phi) is 4.90. The standard InChI is InChI=1S/C10H21N3O/c1-9(8-12-10(14)7-11)13-5-3-2-4-6-13/h9H,2-8,11H2,1H3,(H,12,14). The van der Waals surface area contributed by atoms with E-state index >= 15 is 0 Å². The van der Waals surface area contributed by atoms with E-state index in [1.807, 2.05) is 0 Å². The normalized spacial score (nSPS) is 20.4. The molecule has 0 aliphatic carbocycles. The Labute approximate surface area is 85.8 Å². The van der Waals surface area contributed by atoms with Crippen LogP contribution in [0.25, 0.3) is 0 Å². The molecule has 4 heteroatoms. The average molecular weight is 199 g/mol. The predicted octanol–water partition coefficient (Wildman–Crippen LogP) is -0.0643. The summed E-state index contributed by atoms with van der Waals surface area (Å²) < 4.78 is 0. The molecular formula is C10H21N3O. The van der Waals surface area contributed by atoms with Crippen LogP contribution in [0.2, 0.25) is 0 Å². The number of amides is 1. The van der Waals surface area contributed by atoms with Crippen molar-refractivity contribution in [3.63, 3.8) is 0 Å². The summed E-state index contributed by atoms with van der Waals surface area (Å²) in [4.78, 5) is 13.4. The minimum Gasteiger partial charge on any atom is -0.353 e. The van der Waals surface area contributed by atoms with E-state index in [1.165, 1.54) is 32.4 Å². The number of hydrogen-bond acceptors (Lipinski definition) is 3. The van der Waals surface area contributed by atoms with Gasteiger partial charge in [0.15, 0.2) is 0 Å². The minimum absolute atomic E-state index is 0.0612. The summed E-state index contributed by atoms with van der Waals surface area (Å²) in [5.41, 5.74) is 5.21. The van der Waals surface area contributed by atoms with E-state index in [-0.39, 0.29) is 12.5 Å². The quantitative estimate of drug-likeness (QED) is 0.666. The third kappa shape index (κ3) is 3.64. The molecule has 0 saturated carbocycles. The van der Waals surface area contributed by atoms with Crippen molar-refractivity contribution in [2.45, 2.75) is 32.2 Å². The van der Waals surface area contributed by atoms with Crippen LogP contribution in [0.3, 0.4) is 0 Å². The van der Waals surface area contributed by atoms with Gasteiger partial charge in [-0.3, -0.25) is 9.69 Å². The van der Waals surface area contributed by atoms with Crippen molar-refractivity contribution in [1.29, 1.82) is 0 Å². The molecule has 0 bridgehead atoms. The highest BCUT2D eigenvalue weighted by molar-refractivity contribution is 5.77. The summed E-state index contributed by atoms with van der Waals surface area (Å²) in [6, 6.07) is 0.436. The van der Waals surface area contributed by atoms with Crippen molar-refractivity contribution in [2.24, 2.45) is 5.73 Å². The highest BCUT2D eigenvalue weighted by Crippen LogP contribution is 2.11. The second-order valence-corrected chi connectivity index (χ2v) is 3.95. The number of hydrogen-bond donors (Lipinski definition) is 2. The number of rotatable bonds is 4. The number of likely N-dealkylation sites (tertiary alicyclic amines) is 1. The highest BCUT2D eigenvalue weighted by atomic mass is 16.1. The van der Waals surface area contributed by atoms with Gasteiger partial charge in [0, 0.05) is 12.6 Å². The van der Waals surface area contributed by atoms with Gasteiger partial charge in [-0.05, 0) is 32.9 Å². The van der Waals surface area contributed by atoms with Crippen LogP contribution >= 0.6 is 0 Å². The van der Waals surface area contributed by atoms with Gasteiger partial charge in [-0.15, -0.1) is 0 Å². The fourth-order valence-corrected chi connectivity index (χ4v) is 1.82. The zero-order valence-electron chi connectivity index (χ0n) is 8.96. The van der Waals surface area contributed by atoms with E-state index in [1.54, 1.807) is 0 Å². The number of piperidine rings is 1. The largest absolute Gasteiger partial charge is 0.353 e. The van der Waals surface area contributed by atoms with Gasteiger partial charge in [0.05, 0.1) is 6.54 Å². The molecule has 1 fully saturated rings. The lowest BCUT2D eigenvalue weighted by atomic mass is 10.1. The Morgan fingerprint density at radius 3 is 2.64 bits per heavy atom. The van der Waals surface area contributed by atoms with Crippen LogP contribution in [0.1, 0.15) is 26.2 Å². The van der Waals surface area contributed by atoms with Crippen LogP contribution in [-0.2, 0) is 4.79 Å². The van der Waals surface area contributed by atoms with Crippen molar-refractivity contribution in [1.82, 2.24) is 10.2 Å². The smallest absolute Gasteiger partial charge is 0.233 e. The first-order chi connectivity index (χ1) is 6.74. The number of nitrogens with zero attached hydrogens (tertiary/aromatic N) is 1. The molecule has 82 valence electrons. The summed E-state index contributed by atoms with van der Waals surface area (Å²) in [6.07, 6.45) is 3.92. The van der Waals surface area contributed by atoms with Crippen LogP contribution in [0.4, 0.5) is 0 Å². The van der Waals surface area contributed by atoms with Gasteiger partial charge >= 0.3 is 0 Å². The van der Waals surface area contributed by atoms with Crippen LogP contribution < -0.4 is 11.1 Å². The topological polar surface area (TPSA) is 58.4 Å². The van der Waals surface area contributed by atoms with Gasteiger partial charge in [0.1, 0.15) is 0 Å². The average Bonchev–Trinajstić information content (AvgIpc) is 2.26. The van der Waals surface area contributed by atoms with Crippen molar-refractivity contribution < 1.29 is 4.79 Å². The monoisotopic (exact) mass is 199 g/mol. The Morgan fingerprint density at radius 2 is 2.07 bits per heavy atom. The maximum absolute atomic E-state index is 10.9. The van der Waals surface area contributed by atoms with Gasteiger partial charge < -0.3 is 11.1 Å². The van der Waals surface area contributed by atoms with E-state index < -0.39 is 0 Å². The van der Waals surface area contributed by atoms with Gasteiger partial charge in [-0.1, -0.05) is 6.42 Å². The molecular weight excluding hydrogens is 178 g/mol. The summed E-state index contributed by atoms with van der Waals surface area (Å²) in [5.74, 6) is -0.0612. The van der Waals surface area contributed by atoms with Gasteiger partial charge in [0.25, 0.3) is 0 Å². The second-order valence-electron chi connectivity index (χ2n) is 3.95. The lowest BCUT2D eigenvalue weighted by Crippen LogP contribution is -2.45. The maximum Gasteiger partial charge on any atom is 0.233 e. The van der Waals surface area contributed by atoms with E-state index in [9.17, 15) is 4.79 Å². The van der Waals surface area contributed by atoms with Crippen molar-refractivity contribution in [3.8, 4) is 0 Å². The zero-order chi connectivity index (χ0) is 10.4. The molecule has 0 aromatic carbocycles. The van der Waals surface area contributed by atoms with Crippen molar-refractivity contribution >= 4 is 5.91 Å². The molecule has 1 heterocycles. The third-order valence-corrected chi connectivity index (χ3v) is 2.79. The van der Waals surface area contributed by atoms with Gasteiger partial charge in [-0.2, -0.15) is 0 Å². The molecule has 4 nitrogen and oxygen atoms in total. The Bertz CT molecular complexity index is 178. The Morgan fingerprint density at radius 1 is 1.43 bits per heavy atom. The first-order valence-electron chi connectivity index (χ1n) is 5.45. The summed E-state index contributed by atoms with van der Waals surface area (Å²) in [6.45, 7) is 5.30. The molecule has 1 amide bonds. The Hall–Kier alpha value is -0.610. The van der Waals surface area contributed by atoms with Crippen LogP contribution in [0, 0.1) is 0 Å². The Balaban J connectivity index is 2.19. The lowest BCUT2D eigenvalue weighted by molar-refractivity contribution is -0.119. The van der Waals surface area contributed by atoms with E-state index in [0.717, 1.165) is 6.54 Å². The minimum atomic E-state index is -0.0612. The SMILES string of the molecule is CC(CNC(=O)CN)N1CCCCC1. The molecule has 0 aromatic heterocycles. The number of carbonyl (C=O) groups excluding carboxylic acids is 1. The molecule has 0 spiro atoms. The second kappa shape index (κ2) is 5.98. The molecule has 3 N–H and O–H groups in total. The fraction of sp³-hybridized carbons (Fsp3) is 0.900. The van der Waals surface area contributed by atoms with Gasteiger partial charge in [-0.25, -0.2) is 0 Å². The van der Waals surface area contributed by atoms with Crippen molar-refractivity contribution in [2.75, 3.05) is 26.2 Å². The predicted molar refractivity (Wildman–Crippen MR) is 57.0 cm³/mol. The molecule has 1 unspecified atom stereocenters. The van der Waals surface area contributed by atoms with Crippen molar-refractivity contribution in [3.05, 3.63) is 0 Å². The third-order valence-electron chi connectivity index (χ3n) is 2.79. The number of carbonyl (C=O) groups is 1. The molecule has 0 radical (unpaired) electrons. The lowest BCUT2D eigenvalue weighted by Gasteiger charge is -2.32. The molecule has 0 aromatic rings. The first kappa shape index (κ1) is 11.5. The molecule has 14 heavy (non-hydrogen) atoms. The van der Waals surface area contributed by atoms with E-state index in [0.29, 0.717) is 6.04 Å². The maximum atomic E-state index is 10.9. The number of nitrogens with two attached hydrogens (primary N) is 1.